The molecule has 0 saturated heterocycles. The van der Waals surface area contributed by atoms with Crippen LogP contribution in [-0.4, -0.2) is 5.11 Å². The molecule has 0 bridgehead atoms. The lowest BCUT2D eigenvalue weighted by molar-refractivity contribution is 0.223. The molecule has 16 heavy (non-hydrogen) atoms. The van der Waals surface area contributed by atoms with Crippen molar-refractivity contribution in [1.29, 1.82) is 0 Å². The summed E-state index contributed by atoms with van der Waals surface area (Å²) in [6.45, 7) is 3.44. The number of aliphatic hydroxyl groups is 1. The fraction of sp³-hybridized carbons (Fsp3) is 0.231. The van der Waals surface area contributed by atoms with Gasteiger partial charge in [-0.25, -0.2) is 4.39 Å². The average molecular weight is 236 g/mol. The molecule has 1 N–H and O–H groups in total. The Morgan fingerprint density at radius 2 is 1.81 bits per heavy atom. The first-order valence-electron chi connectivity index (χ1n) is 5.09. The van der Waals surface area contributed by atoms with E-state index in [2.05, 4.69) is 0 Å². The normalized spacial score (nSPS) is 12.8. The molecule has 1 aromatic carbocycles. The van der Waals surface area contributed by atoms with Crippen LogP contribution in [0.5, 0.6) is 0 Å². The van der Waals surface area contributed by atoms with E-state index in [9.17, 15) is 9.50 Å². The molecule has 1 aromatic heterocycles. The average Bonchev–Trinajstić information content (AvgIpc) is 2.57. The van der Waals surface area contributed by atoms with Crippen LogP contribution in [0.1, 0.15) is 27.0 Å². The van der Waals surface area contributed by atoms with E-state index in [1.54, 1.807) is 13.8 Å². The highest BCUT2D eigenvalue weighted by Gasteiger charge is 2.19. The molecular weight excluding hydrogens is 223 g/mol. The molecule has 0 radical (unpaired) electrons. The van der Waals surface area contributed by atoms with E-state index in [0.29, 0.717) is 15.3 Å². The van der Waals surface area contributed by atoms with Crippen molar-refractivity contribution in [2.45, 2.75) is 20.0 Å². The van der Waals surface area contributed by atoms with Crippen LogP contribution in [0.15, 0.2) is 30.3 Å². The fourth-order valence-electron chi connectivity index (χ4n) is 1.71. The van der Waals surface area contributed by atoms with Gasteiger partial charge in [-0.2, -0.15) is 0 Å². The Labute approximate surface area is 98.2 Å². The van der Waals surface area contributed by atoms with Crippen molar-refractivity contribution in [3.8, 4) is 0 Å². The predicted octanol–water partition coefficient (Wildman–Crippen LogP) is 3.59. The maximum absolute atomic E-state index is 13.5. The van der Waals surface area contributed by atoms with Gasteiger partial charge in [0, 0.05) is 15.3 Å². The van der Waals surface area contributed by atoms with Gasteiger partial charge in [-0.15, -0.1) is 11.3 Å². The van der Waals surface area contributed by atoms with Crippen LogP contribution in [0, 0.1) is 19.7 Å². The van der Waals surface area contributed by atoms with E-state index in [0.717, 1.165) is 5.56 Å². The van der Waals surface area contributed by atoms with Crippen LogP contribution in [-0.2, 0) is 0 Å². The summed E-state index contributed by atoms with van der Waals surface area (Å²) in [5.41, 5.74) is 1.35. The Morgan fingerprint density at radius 1 is 1.19 bits per heavy atom. The number of rotatable bonds is 2. The third-order valence-corrected chi connectivity index (χ3v) is 3.87. The lowest BCUT2D eigenvalue weighted by Crippen LogP contribution is -1.98. The first kappa shape index (κ1) is 11.3. The van der Waals surface area contributed by atoms with Gasteiger partial charge in [0.15, 0.2) is 0 Å². The SMILES string of the molecule is Cc1sc(C(O)c2ccccc2)c(C)c1F. The first-order chi connectivity index (χ1) is 7.61. The highest BCUT2D eigenvalue weighted by atomic mass is 32.1. The van der Waals surface area contributed by atoms with Crippen molar-refractivity contribution in [2.75, 3.05) is 0 Å². The number of hydrogen-bond donors (Lipinski definition) is 1. The van der Waals surface area contributed by atoms with E-state index in [4.69, 9.17) is 0 Å². The van der Waals surface area contributed by atoms with Gasteiger partial charge in [-0.3, -0.25) is 0 Å². The second-order valence-corrected chi connectivity index (χ2v) is 5.03. The number of thiophene rings is 1. The van der Waals surface area contributed by atoms with Gasteiger partial charge < -0.3 is 5.11 Å². The Morgan fingerprint density at radius 3 is 2.31 bits per heavy atom. The van der Waals surface area contributed by atoms with Crippen molar-refractivity contribution in [1.82, 2.24) is 0 Å². The summed E-state index contributed by atoms with van der Waals surface area (Å²) in [5, 5.41) is 10.2. The first-order valence-corrected chi connectivity index (χ1v) is 5.91. The predicted molar refractivity (Wildman–Crippen MR) is 64.3 cm³/mol. The third kappa shape index (κ3) is 1.88. The minimum absolute atomic E-state index is 0.199. The fourth-order valence-corrected chi connectivity index (χ4v) is 2.77. The van der Waals surface area contributed by atoms with Gasteiger partial charge in [0.2, 0.25) is 0 Å². The molecule has 1 nitrogen and oxygen atoms in total. The molecule has 1 atom stereocenters. The van der Waals surface area contributed by atoms with Crippen molar-refractivity contribution in [3.05, 3.63) is 57.0 Å². The molecule has 2 rings (SSSR count). The molecule has 3 heteroatoms. The van der Waals surface area contributed by atoms with Gasteiger partial charge in [-0.1, -0.05) is 30.3 Å². The maximum atomic E-state index is 13.5. The molecule has 1 unspecified atom stereocenters. The van der Waals surface area contributed by atoms with Gasteiger partial charge in [0.05, 0.1) is 0 Å². The van der Waals surface area contributed by atoms with E-state index in [1.165, 1.54) is 11.3 Å². The molecule has 0 saturated carbocycles. The minimum atomic E-state index is -0.727. The highest BCUT2D eigenvalue weighted by Crippen LogP contribution is 2.34. The Bertz CT molecular complexity index is 490. The third-order valence-electron chi connectivity index (χ3n) is 2.63. The van der Waals surface area contributed by atoms with Crippen LogP contribution < -0.4 is 0 Å². The van der Waals surface area contributed by atoms with E-state index in [1.807, 2.05) is 30.3 Å². The largest absolute Gasteiger partial charge is 0.383 e. The molecule has 0 aliphatic carbocycles. The maximum Gasteiger partial charge on any atom is 0.140 e. The van der Waals surface area contributed by atoms with Gasteiger partial charge >= 0.3 is 0 Å². The Kier molecular flexibility index (Phi) is 3.08. The molecular formula is C13H13FOS. The summed E-state index contributed by atoms with van der Waals surface area (Å²) in [6, 6.07) is 9.31. The number of halogens is 1. The molecule has 0 fully saturated rings. The number of benzene rings is 1. The molecule has 2 aromatic rings. The number of hydrogen-bond acceptors (Lipinski definition) is 2. The van der Waals surface area contributed by atoms with E-state index >= 15 is 0 Å². The summed E-state index contributed by atoms with van der Waals surface area (Å²) in [6.07, 6.45) is -0.727. The zero-order valence-corrected chi connectivity index (χ0v) is 10.0. The molecule has 0 amide bonds. The lowest BCUT2D eigenvalue weighted by Gasteiger charge is -2.09. The van der Waals surface area contributed by atoms with Crippen molar-refractivity contribution in [2.24, 2.45) is 0 Å². The van der Waals surface area contributed by atoms with Crippen molar-refractivity contribution < 1.29 is 9.50 Å². The number of aliphatic hydroxyl groups excluding tert-OH is 1. The molecule has 1 heterocycles. The summed E-state index contributed by atoms with van der Waals surface area (Å²) in [7, 11) is 0. The zero-order valence-electron chi connectivity index (χ0n) is 9.20. The lowest BCUT2D eigenvalue weighted by atomic mass is 10.1. The quantitative estimate of drug-likeness (QED) is 0.845. The topological polar surface area (TPSA) is 20.2 Å². The summed E-state index contributed by atoms with van der Waals surface area (Å²) in [4.78, 5) is 1.32. The van der Waals surface area contributed by atoms with Crippen LogP contribution in [0.4, 0.5) is 4.39 Å². The minimum Gasteiger partial charge on any atom is -0.383 e. The summed E-state index contributed by atoms with van der Waals surface area (Å²) < 4.78 is 13.5. The standard InChI is InChI=1S/C13H13FOS/c1-8-11(14)9(2)16-13(8)12(15)10-6-4-3-5-7-10/h3-7,12,15H,1-2H3. The molecule has 0 spiro atoms. The van der Waals surface area contributed by atoms with E-state index in [-0.39, 0.29) is 5.82 Å². The van der Waals surface area contributed by atoms with Crippen molar-refractivity contribution >= 4 is 11.3 Å². The number of aryl methyl sites for hydroxylation is 1. The Balaban J connectivity index is 2.42. The second-order valence-electron chi connectivity index (χ2n) is 3.77. The van der Waals surface area contributed by atoms with Crippen LogP contribution >= 0.6 is 11.3 Å². The van der Waals surface area contributed by atoms with Crippen molar-refractivity contribution in [3.63, 3.8) is 0 Å². The molecule has 84 valence electrons. The van der Waals surface area contributed by atoms with Crippen LogP contribution in [0.3, 0.4) is 0 Å². The Hall–Kier alpha value is -1.19. The molecule has 0 aliphatic rings. The van der Waals surface area contributed by atoms with Gasteiger partial charge in [0.1, 0.15) is 11.9 Å². The smallest absolute Gasteiger partial charge is 0.140 e. The summed E-state index contributed by atoms with van der Waals surface area (Å²) in [5.74, 6) is -0.199. The van der Waals surface area contributed by atoms with E-state index < -0.39 is 6.10 Å². The highest BCUT2D eigenvalue weighted by molar-refractivity contribution is 7.12. The van der Waals surface area contributed by atoms with Gasteiger partial charge in [0.25, 0.3) is 0 Å². The van der Waals surface area contributed by atoms with Gasteiger partial charge in [-0.05, 0) is 19.4 Å². The molecule has 0 aliphatic heterocycles. The second kappa shape index (κ2) is 4.36. The monoisotopic (exact) mass is 236 g/mol. The van der Waals surface area contributed by atoms with Crippen LogP contribution in [0.2, 0.25) is 0 Å². The van der Waals surface area contributed by atoms with Crippen LogP contribution in [0.25, 0.3) is 0 Å². The summed E-state index contributed by atoms with van der Waals surface area (Å²) >= 11 is 1.32. The zero-order chi connectivity index (χ0) is 11.7.